The Morgan fingerprint density at radius 3 is 2.84 bits per heavy atom. The average molecular weight is 418 g/mol. The standard InChI is InChI=1S/C24H27N5O2/c30-22(26-20-8-7-17-4-3-5-19(17)16-20)11-15-29-13-9-18(10-14-29)24-27-23(28-31-24)21-6-1-2-12-25-21/h1-2,6-8,12,16,18H,3-5,9-11,13-15H2,(H,26,30). The zero-order valence-electron chi connectivity index (χ0n) is 17.6. The minimum atomic E-state index is 0.0805. The first-order valence-corrected chi connectivity index (χ1v) is 11.1. The van der Waals surface area contributed by atoms with Gasteiger partial charge >= 0.3 is 0 Å². The number of nitrogens with one attached hydrogen (secondary N) is 1. The van der Waals surface area contributed by atoms with Crippen molar-refractivity contribution in [2.45, 2.75) is 44.4 Å². The van der Waals surface area contributed by atoms with Gasteiger partial charge in [0.2, 0.25) is 17.6 Å². The topological polar surface area (TPSA) is 84.2 Å². The van der Waals surface area contributed by atoms with E-state index in [0.29, 0.717) is 18.1 Å². The number of hydrogen-bond donors (Lipinski definition) is 1. The lowest BCUT2D eigenvalue weighted by Crippen LogP contribution is -2.35. The van der Waals surface area contributed by atoms with Gasteiger partial charge in [0.1, 0.15) is 5.69 Å². The van der Waals surface area contributed by atoms with Crippen molar-refractivity contribution in [3.05, 3.63) is 59.6 Å². The summed E-state index contributed by atoms with van der Waals surface area (Å²) in [6.07, 6.45) is 7.64. The van der Waals surface area contributed by atoms with Crippen LogP contribution >= 0.6 is 0 Å². The Morgan fingerprint density at radius 2 is 2.00 bits per heavy atom. The molecule has 1 fully saturated rings. The Kier molecular flexibility index (Phi) is 5.76. The van der Waals surface area contributed by atoms with Gasteiger partial charge in [-0.05, 0) is 80.6 Å². The number of pyridine rings is 1. The van der Waals surface area contributed by atoms with E-state index < -0.39 is 0 Å². The van der Waals surface area contributed by atoms with Gasteiger partial charge in [-0.25, -0.2) is 0 Å². The van der Waals surface area contributed by atoms with Crippen molar-refractivity contribution in [3.8, 4) is 11.5 Å². The molecule has 0 saturated carbocycles. The SMILES string of the molecule is O=C(CCN1CCC(c2nc(-c3ccccn3)no2)CC1)Nc1ccc2c(c1)CCC2. The molecule has 2 aliphatic rings. The molecule has 3 heterocycles. The van der Waals surface area contributed by atoms with Gasteiger partial charge in [-0.15, -0.1) is 0 Å². The number of nitrogens with zero attached hydrogens (tertiary/aromatic N) is 4. The molecule has 0 radical (unpaired) electrons. The van der Waals surface area contributed by atoms with Crippen molar-refractivity contribution in [1.29, 1.82) is 0 Å². The van der Waals surface area contributed by atoms with Crippen LogP contribution in [0, 0.1) is 0 Å². The number of carbonyl (C=O) groups is 1. The summed E-state index contributed by atoms with van der Waals surface area (Å²) in [5.74, 6) is 1.58. The molecule has 1 saturated heterocycles. The highest BCUT2D eigenvalue weighted by molar-refractivity contribution is 5.91. The second-order valence-corrected chi connectivity index (χ2v) is 8.42. The van der Waals surface area contributed by atoms with E-state index in [4.69, 9.17) is 4.52 Å². The molecule has 1 amide bonds. The molecule has 1 aromatic carbocycles. The van der Waals surface area contributed by atoms with Crippen LogP contribution in [0.5, 0.6) is 0 Å². The maximum absolute atomic E-state index is 12.4. The summed E-state index contributed by atoms with van der Waals surface area (Å²) in [6.45, 7) is 2.63. The number of fused-ring (bicyclic) bond motifs is 1. The predicted octanol–water partition coefficient (Wildman–Crippen LogP) is 3.83. The highest BCUT2D eigenvalue weighted by Gasteiger charge is 2.26. The average Bonchev–Trinajstić information content (AvgIpc) is 3.48. The predicted molar refractivity (Wildman–Crippen MR) is 118 cm³/mol. The number of amides is 1. The smallest absolute Gasteiger partial charge is 0.230 e. The maximum Gasteiger partial charge on any atom is 0.230 e. The number of aryl methyl sites for hydroxylation is 2. The van der Waals surface area contributed by atoms with Crippen LogP contribution in [0.25, 0.3) is 11.5 Å². The molecule has 1 aliphatic heterocycles. The summed E-state index contributed by atoms with van der Waals surface area (Å²) in [5, 5.41) is 7.15. The van der Waals surface area contributed by atoms with Crippen molar-refractivity contribution >= 4 is 11.6 Å². The van der Waals surface area contributed by atoms with Crippen molar-refractivity contribution in [2.75, 3.05) is 25.0 Å². The van der Waals surface area contributed by atoms with E-state index >= 15 is 0 Å². The first-order valence-electron chi connectivity index (χ1n) is 11.1. The van der Waals surface area contributed by atoms with Crippen LogP contribution in [0.15, 0.2) is 47.1 Å². The maximum atomic E-state index is 12.4. The largest absolute Gasteiger partial charge is 0.339 e. The monoisotopic (exact) mass is 417 g/mol. The molecule has 7 nitrogen and oxygen atoms in total. The molecule has 160 valence electrons. The summed E-state index contributed by atoms with van der Waals surface area (Å²) < 4.78 is 5.51. The molecule has 0 atom stereocenters. The number of rotatable bonds is 6. The van der Waals surface area contributed by atoms with E-state index in [1.165, 1.54) is 17.5 Å². The molecule has 7 heteroatoms. The molecule has 3 aromatic rings. The molecule has 31 heavy (non-hydrogen) atoms. The van der Waals surface area contributed by atoms with Gasteiger partial charge < -0.3 is 14.7 Å². The highest BCUT2D eigenvalue weighted by Crippen LogP contribution is 2.28. The number of aromatic nitrogens is 3. The number of carbonyl (C=O) groups excluding carboxylic acids is 1. The van der Waals surface area contributed by atoms with Crippen LogP contribution in [0.1, 0.15) is 48.6 Å². The molecule has 0 bridgehead atoms. The van der Waals surface area contributed by atoms with Crippen molar-refractivity contribution in [1.82, 2.24) is 20.0 Å². The second-order valence-electron chi connectivity index (χ2n) is 8.42. The molecular weight excluding hydrogens is 390 g/mol. The number of anilines is 1. The van der Waals surface area contributed by atoms with E-state index in [1.807, 2.05) is 24.3 Å². The second kappa shape index (κ2) is 8.98. The van der Waals surface area contributed by atoms with Crippen LogP contribution in [0.2, 0.25) is 0 Å². The van der Waals surface area contributed by atoms with Gasteiger partial charge in [-0.3, -0.25) is 9.78 Å². The Bertz CT molecular complexity index is 1040. The number of piperidine rings is 1. The van der Waals surface area contributed by atoms with E-state index in [0.717, 1.165) is 56.7 Å². The fourth-order valence-electron chi connectivity index (χ4n) is 4.54. The fraction of sp³-hybridized carbons (Fsp3) is 0.417. The Balaban J connectivity index is 1.08. The lowest BCUT2D eigenvalue weighted by molar-refractivity contribution is -0.116. The normalized spacial score (nSPS) is 16.9. The van der Waals surface area contributed by atoms with Crippen LogP contribution in [0.4, 0.5) is 5.69 Å². The third-order valence-electron chi connectivity index (χ3n) is 6.31. The fourth-order valence-corrected chi connectivity index (χ4v) is 4.54. The molecular formula is C24H27N5O2. The Labute approximate surface area is 181 Å². The number of benzene rings is 1. The van der Waals surface area contributed by atoms with E-state index in [9.17, 15) is 4.79 Å². The Hall–Kier alpha value is -3.06. The highest BCUT2D eigenvalue weighted by atomic mass is 16.5. The first kappa shape index (κ1) is 19.9. The van der Waals surface area contributed by atoms with E-state index in [1.54, 1.807) is 6.20 Å². The third kappa shape index (κ3) is 4.66. The van der Waals surface area contributed by atoms with E-state index in [-0.39, 0.29) is 11.8 Å². The van der Waals surface area contributed by atoms with Crippen LogP contribution < -0.4 is 5.32 Å². The van der Waals surface area contributed by atoms with Gasteiger partial charge in [0.05, 0.1) is 0 Å². The van der Waals surface area contributed by atoms with Gasteiger partial charge in [0, 0.05) is 30.8 Å². The lowest BCUT2D eigenvalue weighted by atomic mass is 9.96. The van der Waals surface area contributed by atoms with Gasteiger partial charge in [-0.1, -0.05) is 17.3 Å². The molecule has 1 aliphatic carbocycles. The molecule has 0 unspecified atom stereocenters. The zero-order valence-corrected chi connectivity index (χ0v) is 17.6. The summed E-state index contributed by atoms with van der Waals surface area (Å²) in [7, 11) is 0. The minimum absolute atomic E-state index is 0.0805. The summed E-state index contributed by atoms with van der Waals surface area (Å²) in [6, 6.07) is 12.0. The van der Waals surface area contributed by atoms with Gasteiger partial charge in [0.15, 0.2) is 0 Å². The Morgan fingerprint density at radius 1 is 1.13 bits per heavy atom. The van der Waals surface area contributed by atoms with Gasteiger partial charge in [0.25, 0.3) is 0 Å². The molecule has 2 aromatic heterocycles. The van der Waals surface area contributed by atoms with Crippen molar-refractivity contribution in [2.24, 2.45) is 0 Å². The third-order valence-corrected chi connectivity index (χ3v) is 6.31. The van der Waals surface area contributed by atoms with Crippen LogP contribution in [-0.2, 0) is 17.6 Å². The molecule has 1 N–H and O–H groups in total. The van der Waals surface area contributed by atoms with Crippen LogP contribution in [0.3, 0.4) is 0 Å². The van der Waals surface area contributed by atoms with Crippen molar-refractivity contribution < 1.29 is 9.32 Å². The summed E-state index contributed by atoms with van der Waals surface area (Å²) in [4.78, 5) is 23.6. The minimum Gasteiger partial charge on any atom is -0.339 e. The first-order chi connectivity index (χ1) is 15.2. The quantitative estimate of drug-likeness (QED) is 0.656. The molecule has 0 spiro atoms. The number of hydrogen-bond acceptors (Lipinski definition) is 6. The molecule has 5 rings (SSSR count). The van der Waals surface area contributed by atoms with Crippen LogP contribution in [-0.4, -0.2) is 45.6 Å². The number of likely N-dealkylation sites (tertiary alicyclic amines) is 1. The summed E-state index contributed by atoms with van der Waals surface area (Å²) >= 11 is 0. The van der Waals surface area contributed by atoms with Crippen molar-refractivity contribution in [3.63, 3.8) is 0 Å². The van der Waals surface area contributed by atoms with E-state index in [2.05, 4.69) is 37.5 Å². The summed E-state index contributed by atoms with van der Waals surface area (Å²) in [5.41, 5.74) is 4.45. The van der Waals surface area contributed by atoms with Gasteiger partial charge in [-0.2, -0.15) is 4.98 Å². The zero-order chi connectivity index (χ0) is 21.0. The lowest BCUT2D eigenvalue weighted by Gasteiger charge is -2.30.